The lowest BCUT2D eigenvalue weighted by molar-refractivity contribution is -0.123. The van der Waals surface area contributed by atoms with E-state index in [1.807, 2.05) is 24.9 Å². The van der Waals surface area contributed by atoms with Gasteiger partial charge in [-0.15, -0.1) is 0 Å². The van der Waals surface area contributed by atoms with E-state index in [9.17, 15) is 9.59 Å². The molecule has 1 atom stereocenters. The molecule has 6 heteroatoms. The Labute approximate surface area is 118 Å². The van der Waals surface area contributed by atoms with Crippen LogP contribution < -0.4 is 16.0 Å². The van der Waals surface area contributed by atoms with Crippen molar-refractivity contribution in [2.45, 2.75) is 13.8 Å². The molecule has 0 bridgehead atoms. The van der Waals surface area contributed by atoms with Gasteiger partial charge in [-0.25, -0.2) is 4.79 Å². The molecular weight excluding hydrogens is 258 g/mol. The summed E-state index contributed by atoms with van der Waals surface area (Å²) in [4.78, 5) is 24.5. The zero-order valence-electron chi connectivity index (χ0n) is 12.2. The van der Waals surface area contributed by atoms with Gasteiger partial charge < -0.3 is 21.1 Å². The second-order valence-electron chi connectivity index (χ2n) is 4.92. The quantitative estimate of drug-likeness (QED) is 0.701. The van der Waals surface area contributed by atoms with Crippen LogP contribution in [0.3, 0.4) is 0 Å². The normalized spacial score (nSPS) is 11.8. The first-order valence-electron chi connectivity index (χ1n) is 6.34. The van der Waals surface area contributed by atoms with Crippen molar-refractivity contribution in [3.63, 3.8) is 0 Å². The largest absolute Gasteiger partial charge is 0.478 e. The van der Waals surface area contributed by atoms with Crippen molar-refractivity contribution in [3.05, 3.63) is 23.3 Å². The maximum atomic E-state index is 11.5. The number of nitrogens with zero attached hydrogens (tertiary/aromatic N) is 1. The first-order chi connectivity index (χ1) is 9.27. The minimum Gasteiger partial charge on any atom is -0.478 e. The van der Waals surface area contributed by atoms with Crippen LogP contribution in [0.2, 0.25) is 0 Å². The summed E-state index contributed by atoms with van der Waals surface area (Å²) in [5, 5.41) is 11.7. The Hall–Kier alpha value is -2.24. The molecule has 1 aromatic carbocycles. The Morgan fingerprint density at radius 3 is 2.55 bits per heavy atom. The highest BCUT2D eigenvalue weighted by Gasteiger charge is 2.17. The first kappa shape index (κ1) is 15.8. The number of benzene rings is 1. The average molecular weight is 279 g/mol. The number of carbonyl (C=O) groups excluding carboxylic acids is 1. The Kier molecular flexibility index (Phi) is 4.96. The zero-order valence-corrected chi connectivity index (χ0v) is 12.2. The lowest BCUT2D eigenvalue weighted by atomic mass is 10.1. The van der Waals surface area contributed by atoms with E-state index in [2.05, 4.69) is 5.32 Å². The van der Waals surface area contributed by atoms with Crippen LogP contribution in [0.4, 0.5) is 11.4 Å². The third-order valence-corrected chi connectivity index (χ3v) is 3.28. The Morgan fingerprint density at radius 1 is 1.45 bits per heavy atom. The number of carboxylic acid groups (broad SMARTS) is 1. The number of hydrogen-bond acceptors (Lipinski definition) is 4. The van der Waals surface area contributed by atoms with Crippen LogP contribution in [0.5, 0.6) is 0 Å². The molecule has 0 aromatic heterocycles. The predicted molar refractivity (Wildman–Crippen MR) is 79.1 cm³/mol. The summed E-state index contributed by atoms with van der Waals surface area (Å²) in [5.41, 5.74) is 7.55. The molecule has 20 heavy (non-hydrogen) atoms. The van der Waals surface area contributed by atoms with Crippen LogP contribution in [0.15, 0.2) is 12.1 Å². The van der Waals surface area contributed by atoms with E-state index in [4.69, 9.17) is 10.8 Å². The molecular formula is C14H21N3O3. The van der Waals surface area contributed by atoms with Crippen LogP contribution in [-0.2, 0) is 4.79 Å². The number of aromatic carboxylic acids is 1. The monoisotopic (exact) mass is 279 g/mol. The molecule has 0 aliphatic carbocycles. The molecule has 4 N–H and O–H groups in total. The van der Waals surface area contributed by atoms with Gasteiger partial charge in [0.15, 0.2) is 0 Å². The summed E-state index contributed by atoms with van der Waals surface area (Å²) < 4.78 is 0. The van der Waals surface area contributed by atoms with Gasteiger partial charge in [-0.3, -0.25) is 4.79 Å². The maximum Gasteiger partial charge on any atom is 0.337 e. The topological polar surface area (TPSA) is 95.7 Å². The molecule has 1 rings (SSSR count). The lowest BCUT2D eigenvalue weighted by Crippen LogP contribution is -2.34. The number of nitrogen functional groups attached to an aromatic ring is 1. The summed E-state index contributed by atoms with van der Waals surface area (Å²) in [5.74, 6) is -1.31. The van der Waals surface area contributed by atoms with Crippen molar-refractivity contribution >= 4 is 23.3 Å². The third-order valence-electron chi connectivity index (χ3n) is 3.28. The molecule has 0 fully saturated rings. The van der Waals surface area contributed by atoms with Crippen LogP contribution in [-0.4, -0.2) is 37.6 Å². The summed E-state index contributed by atoms with van der Waals surface area (Å²) in [6, 6.07) is 3.35. The maximum absolute atomic E-state index is 11.5. The molecule has 110 valence electrons. The second kappa shape index (κ2) is 6.27. The number of nitrogens with two attached hydrogens (primary N) is 1. The highest BCUT2D eigenvalue weighted by atomic mass is 16.4. The Bertz CT molecular complexity index is 529. The molecule has 0 spiro atoms. The molecule has 0 aliphatic heterocycles. The van der Waals surface area contributed by atoms with Crippen molar-refractivity contribution < 1.29 is 14.7 Å². The van der Waals surface area contributed by atoms with E-state index in [0.717, 1.165) is 5.69 Å². The predicted octanol–water partition coefficient (Wildman–Crippen LogP) is 1.09. The summed E-state index contributed by atoms with van der Waals surface area (Å²) in [6.07, 6.45) is 0. The first-order valence-corrected chi connectivity index (χ1v) is 6.34. The van der Waals surface area contributed by atoms with E-state index in [0.29, 0.717) is 12.1 Å². The molecule has 0 saturated carbocycles. The van der Waals surface area contributed by atoms with Gasteiger partial charge in [0, 0.05) is 32.0 Å². The molecule has 6 nitrogen and oxygen atoms in total. The number of aryl methyl sites for hydroxylation is 1. The summed E-state index contributed by atoms with van der Waals surface area (Å²) in [7, 11) is 3.41. The van der Waals surface area contributed by atoms with E-state index >= 15 is 0 Å². The van der Waals surface area contributed by atoms with E-state index in [1.165, 1.54) is 6.07 Å². The fourth-order valence-electron chi connectivity index (χ4n) is 2.02. The van der Waals surface area contributed by atoms with Crippen molar-refractivity contribution in [3.8, 4) is 0 Å². The molecule has 0 saturated heterocycles. The minimum absolute atomic E-state index is 0.0533. The number of rotatable bonds is 5. The van der Waals surface area contributed by atoms with Crippen molar-refractivity contribution in [2.24, 2.45) is 5.92 Å². The third kappa shape index (κ3) is 3.40. The highest BCUT2D eigenvalue weighted by molar-refractivity contribution is 5.95. The average Bonchev–Trinajstić information content (AvgIpc) is 2.39. The van der Waals surface area contributed by atoms with Gasteiger partial charge in [0.05, 0.1) is 11.5 Å². The summed E-state index contributed by atoms with van der Waals surface area (Å²) in [6.45, 7) is 4.07. The standard InChI is InChI=1S/C14H21N3O3/c1-8-5-10(6-11(12(8)15)14(19)20)17(4)7-9(2)13(18)16-3/h5-6,9H,7,15H2,1-4H3,(H,16,18)(H,19,20). The fourth-order valence-corrected chi connectivity index (χ4v) is 2.02. The van der Waals surface area contributed by atoms with E-state index in [-0.39, 0.29) is 23.1 Å². The molecule has 1 amide bonds. The van der Waals surface area contributed by atoms with E-state index in [1.54, 1.807) is 14.0 Å². The number of anilines is 2. The molecule has 0 aliphatic rings. The van der Waals surface area contributed by atoms with Crippen molar-refractivity contribution in [1.82, 2.24) is 5.32 Å². The Balaban J connectivity index is 3.02. The fraction of sp³-hybridized carbons (Fsp3) is 0.429. The Morgan fingerprint density at radius 2 is 2.05 bits per heavy atom. The van der Waals surface area contributed by atoms with Gasteiger partial charge in [-0.2, -0.15) is 0 Å². The van der Waals surface area contributed by atoms with E-state index < -0.39 is 5.97 Å². The number of carbonyl (C=O) groups is 2. The second-order valence-corrected chi connectivity index (χ2v) is 4.92. The van der Waals surface area contributed by atoms with Gasteiger partial charge >= 0.3 is 5.97 Å². The number of amides is 1. The van der Waals surface area contributed by atoms with Crippen molar-refractivity contribution in [2.75, 3.05) is 31.3 Å². The van der Waals surface area contributed by atoms with Gasteiger partial charge in [-0.05, 0) is 24.6 Å². The smallest absolute Gasteiger partial charge is 0.337 e. The zero-order chi connectivity index (χ0) is 15.4. The molecule has 1 aromatic rings. The van der Waals surface area contributed by atoms with Gasteiger partial charge in [0.25, 0.3) is 0 Å². The van der Waals surface area contributed by atoms with Gasteiger partial charge in [0.2, 0.25) is 5.91 Å². The van der Waals surface area contributed by atoms with Crippen LogP contribution >= 0.6 is 0 Å². The van der Waals surface area contributed by atoms with Crippen LogP contribution in [0.25, 0.3) is 0 Å². The summed E-state index contributed by atoms with van der Waals surface area (Å²) >= 11 is 0. The van der Waals surface area contributed by atoms with Crippen molar-refractivity contribution in [1.29, 1.82) is 0 Å². The highest BCUT2D eigenvalue weighted by Crippen LogP contribution is 2.25. The molecule has 0 radical (unpaired) electrons. The molecule has 0 heterocycles. The number of nitrogens with one attached hydrogen (secondary N) is 1. The number of hydrogen-bond donors (Lipinski definition) is 3. The van der Waals surface area contributed by atoms with Gasteiger partial charge in [0.1, 0.15) is 0 Å². The van der Waals surface area contributed by atoms with Crippen LogP contribution in [0, 0.1) is 12.8 Å². The lowest BCUT2D eigenvalue weighted by Gasteiger charge is -2.24. The van der Waals surface area contributed by atoms with Crippen LogP contribution in [0.1, 0.15) is 22.8 Å². The number of carboxylic acids is 1. The SMILES string of the molecule is CNC(=O)C(C)CN(C)c1cc(C)c(N)c(C(=O)O)c1. The molecule has 1 unspecified atom stereocenters. The van der Waals surface area contributed by atoms with Gasteiger partial charge in [-0.1, -0.05) is 6.92 Å². The minimum atomic E-state index is -1.06.